The number of fused-ring (bicyclic) bond motifs is 1. The third-order valence-electron chi connectivity index (χ3n) is 4.13. The highest BCUT2D eigenvalue weighted by Crippen LogP contribution is 2.26. The van der Waals surface area contributed by atoms with Crippen LogP contribution in [0.5, 0.6) is 0 Å². The third-order valence-corrected chi connectivity index (χ3v) is 4.80. The molecule has 110 valence electrons. The maximum Gasteiger partial charge on any atom is 0.0565 e. The van der Waals surface area contributed by atoms with Crippen molar-refractivity contribution in [2.24, 2.45) is 0 Å². The van der Waals surface area contributed by atoms with E-state index in [1.54, 1.807) is 11.3 Å². The average Bonchev–Trinajstić information content (AvgIpc) is 3.14. The second kappa shape index (κ2) is 6.46. The van der Waals surface area contributed by atoms with Crippen molar-refractivity contribution in [2.45, 2.75) is 20.3 Å². The third kappa shape index (κ3) is 2.89. The van der Waals surface area contributed by atoms with Crippen molar-refractivity contribution in [3.05, 3.63) is 52.9 Å². The molecular weight excluding hydrogens is 276 g/mol. The Morgan fingerprint density at radius 2 is 1.90 bits per heavy atom. The molecule has 0 saturated carbocycles. The summed E-state index contributed by atoms with van der Waals surface area (Å²) in [5.41, 5.74) is 4.00. The van der Waals surface area contributed by atoms with E-state index in [0.717, 1.165) is 26.1 Å². The Labute approximate surface area is 130 Å². The van der Waals surface area contributed by atoms with E-state index in [1.165, 1.54) is 22.3 Å². The molecule has 2 heterocycles. The van der Waals surface area contributed by atoms with Gasteiger partial charge in [0, 0.05) is 29.4 Å². The van der Waals surface area contributed by atoms with Gasteiger partial charge >= 0.3 is 0 Å². The van der Waals surface area contributed by atoms with E-state index in [1.807, 2.05) is 0 Å². The quantitative estimate of drug-likeness (QED) is 0.647. The van der Waals surface area contributed by atoms with Crippen molar-refractivity contribution in [1.29, 1.82) is 0 Å². The van der Waals surface area contributed by atoms with Crippen molar-refractivity contribution in [2.75, 3.05) is 19.6 Å². The summed E-state index contributed by atoms with van der Waals surface area (Å²) in [6.45, 7) is 7.83. The van der Waals surface area contributed by atoms with Crippen LogP contribution in [0.3, 0.4) is 0 Å². The highest BCUT2D eigenvalue weighted by Gasteiger charge is 2.11. The molecule has 0 radical (unpaired) electrons. The van der Waals surface area contributed by atoms with Gasteiger partial charge in [-0.3, -0.25) is 0 Å². The molecular formula is C18H22N2S. The van der Waals surface area contributed by atoms with Crippen molar-refractivity contribution in [1.82, 2.24) is 9.47 Å². The molecule has 2 aromatic heterocycles. The fourth-order valence-electron chi connectivity index (χ4n) is 2.90. The average molecular weight is 298 g/mol. The maximum atomic E-state index is 2.48. The van der Waals surface area contributed by atoms with Gasteiger partial charge in [-0.1, -0.05) is 32.0 Å². The Hall–Kier alpha value is -1.58. The molecule has 21 heavy (non-hydrogen) atoms. The number of hydrogen-bond donors (Lipinski definition) is 0. The minimum absolute atomic E-state index is 1.09. The summed E-state index contributed by atoms with van der Waals surface area (Å²) in [5, 5.41) is 5.71. The van der Waals surface area contributed by atoms with Gasteiger partial charge in [0.25, 0.3) is 0 Å². The molecule has 0 amide bonds. The van der Waals surface area contributed by atoms with E-state index >= 15 is 0 Å². The number of hydrogen-bond acceptors (Lipinski definition) is 2. The first kappa shape index (κ1) is 14.4. The minimum atomic E-state index is 1.09. The molecule has 0 N–H and O–H groups in total. The highest BCUT2D eigenvalue weighted by atomic mass is 32.1. The smallest absolute Gasteiger partial charge is 0.0565 e. The fourth-order valence-corrected chi connectivity index (χ4v) is 3.52. The van der Waals surface area contributed by atoms with Gasteiger partial charge in [-0.05, 0) is 36.7 Å². The lowest BCUT2D eigenvalue weighted by molar-refractivity contribution is 0.306. The van der Waals surface area contributed by atoms with E-state index in [2.05, 4.69) is 70.5 Å². The van der Waals surface area contributed by atoms with E-state index in [0.29, 0.717) is 0 Å². The molecule has 3 heteroatoms. The van der Waals surface area contributed by atoms with Crippen LogP contribution in [0.2, 0.25) is 0 Å². The van der Waals surface area contributed by atoms with Gasteiger partial charge in [0.15, 0.2) is 0 Å². The van der Waals surface area contributed by atoms with Gasteiger partial charge in [-0.15, -0.1) is 0 Å². The maximum absolute atomic E-state index is 2.48. The van der Waals surface area contributed by atoms with Crippen LogP contribution >= 0.6 is 11.3 Å². The van der Waals surface area contributed by atoms with Crippen LogP contribution in [0.15, 0.2) is 47.2 Å². The van der Waals surface area contributed by atoms with Gasteiger partial charge in [-0.25, -0.2) is 0 Å². The molecule has 0 aliphatic rings. The lowest BCUT2D eigenvalue weighted by atomic mass is 10.2. The van der Waals surface area contributed by atoms with Gasteiger partial charge in [0.2, 0.25) is 0 Å². The number of benzene rings is 1. The molecule has 0 fully saturated rings. The Bertz CT molecular complexity index is 693. The van der Waals surface area contributed by atoms with E-state index in [-0.39, 0.29) is 0 Å². The summed E-state index contributed by atoms with van der Waals surface area (Å²) in [5.74, 6) is 0. The Kier molecular flexibility index (Phi) is 4.42. The number of nitrogens with zero attached hydrogens (tertiary/aromatic N) is 2. The van der Waals surface area contributed by atoms with Gasteiger partial charge in [-0.2, -0.15) is 11.3 Å². The molecule has 0 aliphatic carbocycles. The summed E-state index contributed by atoms with van der Waals surface area (Å²) in [6, 6.07) is 13.2. The molecule has 0 spiro atoms. The monoisotopic (exact) mass is 298 g/mol. The lowest BCUT2D eigenvalue weighted by Crippen LogP contribution is -2.25. The molecule has 0 atom stereocenters. The Morgan fingerprint density at radius 1 is 1.10 bits per heavy atom. The van der Waals surface area contributed by atoms with Crippen LogP contribution < -0.4 is 0 Å². The first-order chi connectivity index (χ1) is 10.3. The number of thiophene rings is 1. The van der Waals surface area contributed by atoms with Gasteiger partial charge in [0.05, 0.1) is 11.2 Å². The van der Waals surface area contributed by atoms with Crippen LogP contribution in [0.25, 0.3) is 16.6 Å². The van der Waals surface area contributed by atoms with Crippen molar-refractivity contribution < 1.29 is 0 Å². The summed E-state index contributed by atoms with van der Waals surface area (Å²) >= 11 is 1.76. The topological polar surface area (TPSA) is 8.17 Å². The van der Waals surface area contributed by atoms with Crippen molar-refractivity contribution in [3.8, 4) is 5.69 Å². The first-order valence-corrected chi connectivity index (χ1v) is 8.62. The molecule has 0 saturated heterocycles. The molecule has 3 aromatic rings. The Balaban J connectivity index is 1.99. The highest BCUT2D eigenvalue weighted by molar-refractivity contribution is 7.08. The van der Waals surface area contributed by atoms with E-state index in [4.69, 9.17) is 0 Å². The van der Waals surface area contributed by atoms with E-state index < -0.39 is 0 Å². The van der Waals surface area contributed by atoms with Gasteiger partial charge < -0.3 is 9.47 Å². The standard InChI is InChI=1S/C18H22N2S/c1-3-19(4-2)11-9-16-13-15-7-5-6-8-18(15)20(16)17-10-12-21-14-17/h5-8,10,12-14H,3-4,9,11H2,1-2H3. The number of rotatable bonds is 6. The minimum Gasteiger partial charge on any atom is -0.313 e. The largest absolute Gasteiger partial charge is 0.313 e. The summed E-state index contributed by atoms with van der Waals surface area (Å²) in [7, 11) is 0. The zero-order chi connectivity index (χ0) is 14.7. The lowest BCUT2D eigenvalue weighted by Gasteiger charge is -2.18. The van der Waals surface area contributed by atoms with Crippen LogP contribution in [0.1, 0.15) is 19.5 Å². The second-order valence-corrected chi connectivity index (χ2v) is 6.07. The summed E-state index contributed by atoms with van der Waals surface area (Å²) in [6.07, 6.45) is 1.09. The number of likely N-dealkylation sites (N-methyl/N-ethyl adjacent to an activating group) is 1. The molecule has 3 rings (SSSR count). The predicted octanol–water partition coefficient (Wildman–Crippen LogP) is 4.58. The summed E-state index contributed by atoms with van der Waals surface area (Å²) in [4.78, 5) is 2.48. The van der Waals surface area contributed by atoms with Crippen molar-refractivity contribution >= 4 is 22.2 Å². The Morgan fingerprint density at radius 3 is 2.62 bits per heavy atom. The summed E-state index contributed by atoms with van der Waals surface area (Å²) < 4.78 is 2.41. The molecule has 0 bridgehead atoms. The van der Waals surface area contributed by atoms with E-state index in [9.17, 15) is 0 Å². The molecule has 0 aliphatic heterocycles. The van der Waals surface area contributed by atoms with Crippen LogP contribution in [-0.4, -0.2) is 29.1 Å². The number of aromatic nitrogens is 1. The second-order valence-electron chi connectivity index (χ2n) is 5.29. The SMILES string of the molecule is CCN(CC)CCc1cc2ccccc2n1-c1ccsc1. The van der Waals surface area contributed by atoms with Gasteiger partial charge in [0.1, 0.15) is 0 Å². The molecule has 2 nitrogen and oxygen atoms in total. The zero-order valence-electron chi connectivity index (χ0n) is 12.7. The van der Waals surface area contributed by atoms with Crippen LogP contribution in [0, 0.1) is 0 Å². The number of para-hydroxylation sites is 1. The normalized spacial score (nSPS) is 11.6. The van der Waals surface area contributed by atoms with Crippen molar-refractivity contribution in [3.63, 3.8) is 0 Å². The fraction of sp³-hybridized carbons (Fsp3) is 0.333. The zero-order valence-corrected chi connectivity index (χ0v) is 13.6. The molecule has 1 aromatic carbocycles. The first-order valence-electron chi connectivity index (χ1n) is 7.67. The predicted molar refractivity (Wildman–Crippen MR) is 92.6 cm³/mol. The molecule has 0 unspecified atom stereocenters. The van der Waals surface area contributed by atoms with Crippen LogP contribution in [0.4, 0.5) is 0 Å². The van der Waals surface area contributed by atoms with Crippen LogP contribution in [-0.2, 0) is 6.42 Å².